The number of thioether (sulfide) groups is 1. The average molecular weight is 211 g/mol. The van der Waals surface area contributed by atoms with Crippen LogP contribution in [0.15, 0.2) is 29.2 Å². The van der Waals surface area contributed by atoms with Gasteiger partial charge in [0.05, 0.1) is 7.11 Å². The third-order valence-corrected chi connectivity index (χ3v) is 3.20. The maximum absolute atomic E-state index is 5.51. The molecule has 14 heavy (non-hydrogen) atoms. The van der Waals surface area contributed by atoms with E-state index in [9.17, 15) is 0 Å². The van der Waals surface area contributed by atoms with E-state index in [1.54, 1.807) is 7.11 Å². The Labute approximate surface area is 89.8 Å². The Morgan fingerprint density at radius 2 is 2.14 bits per heavy atom. The summed E-state index contributed by atoms with van der Waals surface area (Å²) in [5.41, 5.74) is 5.51. The zero-order chi connectivity index (χ0) is 10.4. The smallest absolute Gasteiger partial charge is 0.132 e. The van der Waals surface area contributed by atoms with Gasteiger partial charge >= 0.3 is 0 Å². The minimum Gasteiger partial charge on any atom is -0.496 e. The van der Waals surface area contributed by atoms with Crippen molar-refractivity contribution in [3.63, 3.8) is 0 Å². The molecule has 0 radical (unpaired) electrons. The normalized spacial score (nSPS) is 12.5. The lowest BCUT2D eigenvalue weighted by Crippen LogP contribution is -2.06. The summed E-state index contributed by atoms with van der Waals surface area (Å²) in [7, 11) is 1.70. The lowest BCUT2D eigenvalue weighted by Gasteiger charge is -2.12. The first-order valence-corrected chi connectivity index (χ1v) is 5.65. The molecule has 0 aliphatic carbocycles. The Bertz CT molecular complexity index is 278. The Balaban J connectivity index is 2.65. The number of hydrogen-bond acceptors (Lipinski definition) is 3. The van der Waals surface area contributed by atoms with Crippen molar-refractivity contribution in [1.82, 2.24) is 0 Å². The van der Waals surface area contributed by atoms with Crippen LogP contribution in [0.25, 0.3) is 0 Å². The second-order valence-corrected chi connectivity index (χ2v) is 4.64. The fourth-order valence-electron chi connectivity index (χ4n) is 1.23. The van der Waals surface area contributed by atoms with Crippen LogP contribution in [-0.4, -0.2) is 18.9 Å². The van der Waals surface area contributed by atoms with E-state index in [1.165, 1.54) is 4.90 Å². The first kappa shape index (κ1) is 11.4. The van der Waals surface area contributed by atoms with E-state index in [1.807, 2.05) is 30.0 Å². The maximum atomic E-state index is 5.51. The molecule has 1 atom stereocenters. The van der Waals surface area contributed by atoms with Crippen molar-refractivity contribution in [2.45, 2.75) is 23.5 Å². The van der Waals surface area contributed by atoms with Gasteiger partial charge in [0.25, 0.3) is 0 Å². The molecule has 1 unspecified atom stereocenters. The Kier molecular flexibility index (Phi) is 4.84. The first-order chi connectivity index (χ1) is 6.77. The molecule has 0 aliphatic rings. The second-order valence-electron chi connectivity index (χ2n) is 3.16. The highest BCUT2D eigenvalue weighted by molar-refractivity contribution is 8.00. The van der Waals surface area contributed by atoms with Gasteiger partial charge in [-0.1, -0.05) is 19.1 Å². The van der Waals surface area contributed by atoms with Crippen LogP contribution in [0.4, 0.5) is 0 Å². The van der Waals surface area contributed by atoms with Gasteiger partial charge in [-0.25, -0.2) is 0 Å². The number of rotatable bonds is 5. The highest BCUT2D eigenvalue weighted by Gasteiger charge is 2.07. The van der Waals surface area contributed by atoms with Gasteiger partial charge in [0.2, 0.25) is 0 Å². The summed E-state index contributed by atoms with van der Waals surface area (Å²) < 4.78 is 5.27. The van der Waals surface area contributed by atoms with Crippen LogP contribution in [0.3, 0.4) is 0 Å². The molecule has 0 aliphatic heterocycles. The number of benzene rings is 1. The molecule has 0 amide bonds. The molecule has 0 spiro atoms. The molecule has 0 fully saturated rings. The van der Waals surface area contributed by atoms with E-state index in [2.05, 4.69) is 13.0 Å². The van der Waals surface area contributed by atoms with Gasteiger partial charge < -0.3 is 10.5 Å². The summed E-state index contributed by atoms with van der Waals surface area (Å²) in [6.45, 7) is 2.92. The standard InChI is InChI=1S/C11H17NOS/c1-9(7-8-12)14-11-6-4-3-5-10(11)13-2/h3-6,9H,7-8,12H2,1-2H3. The predicted molar refractivity (Wildman–Crippen MR) is 62.0 cm³/mol. The lowest BCUT2D eigenvalue weighted by atomic mass is 10.3. The molecule has 0 saturated carbocycles. The van der Waals surface area contributed by atoms with Crippen molar-refractivity contribution < 1.29 is 4.74 Å². The minimum absolute atomic E-state index is 0.538. The van der Waals surface area contributed by atoms with Gasteiger partial charge in [-0.05, 0) is 25.1 Å². The van der Waals surface area contributed by atoms with Crippen LogP contribution in [-0.2, 0) is 0 Å². The van der Waals surface area contributed by atoms with E-state index in [0.717, 1.165) is 18.7 Å². The van der Waals surface area contributed by atoms with Crippen molar-refractivity contribution >= 4 is 11.8 Å². The van der Waals surface area contributed by atoms with Crippen LogP contribution in [0, 0.1) is 0 Å². The van der Waals surface area contributed by atoms with Gasteiger partial charge in [0.1, 0.15) is 5.75 Å². The molecule has 2 N–H and O–H groups in total. The van der Waals surface area contributed by atoms with E-state index in [-0.39, 0.29) is 0 Å². The third-order valence-electron chi connectivity index (χ3n) is 1.97. The molecular formula is C11H17NOS. The lowest BCUT2D eigenvalue weighted by molar-refractivity contribution is 0.404. The highest BCUT2D eigenvalue weighted by atomic mass is 32.2. The van der Waals surface area contributed by atoms with E-state index in [4.69, 9.17) is 10.5 Å². The fraction of sp³-hybridized carbons (Fsp3) is 0.455. The van der Waals surface area contributed by atoms with Crippen molar-refractivity contribution in [1.29, 1.82) is 0 Å². The van der Waals surface area contributed by atoms with Crippen LogP contribution in [0.5, 0.6) is 5.75 Å². The number of nitrogens with two attached hydrogens (primary N) is 1. The summed E-state index contributed by atoms with van der Waals surface area (Å²) in [6, 6.07) is 8.07. The molecule has 1 aromatic carbocycles. The molecule has 2 nitrogen and oxygen atoms in total. The van der Waals surface area contributed by atoms with Gasteiger partial charge in [0.15, 0.2) is 0 Å². The zero-order valence-corrected chi connectivity index (χ0v) is 9.51. The van der Waals surface area contributed by atoms with Crippen molar-refractivity contribution in [3.8, 4) is 5.75 Å². The van der Waals surface area contributed by atoms with Gasteiger partial charge in [-0.3, -0.25) is 0 Å². The molecule has 0 bridgehead atoms. The molecule has 1 rings (SSSR count). The van der Waals surface area contributed by atoms with Gasteiger partial charge in [0, 0.05) is 10.1 Å². The summed E-state index contributed by atoms with van der Waals surface area (Å²) in [4.78, 5) is 1.19. The van der Waals surface area contributed by atoms with Crippen LogP contribution in [0.1, 0.15) is 13.3 Å². The molecule has 0 heterocycles. The predicted octanol–water partition coefficient (Wildman–Crippen LogP) is 2.52. The minimum atomic E-state index is 0.538. The van der Waals surface area contributed by atoms with E-state index in [0.29, 0.717) is 5.25 Å². The van der Waals surface area contributed by atoms with Gasteiger partial charge in [-0.15, -0.1) is 11.8 Å². The SMILES string of the molecule is COc1ccccc1SC(C)CCN. The number of ether oxygens (including phenoxy) is 1. The van der Waals surface area contributed by atoms with Crippen molar-refractivity contribution in [2.75, 3.05) is 13.7 Å². The molecule has 78 valence electrons. The van der Waals surface area contributed by atoms with Gasteiger partial charge in [-0.2, -0.15) is 0 Å². The van der Waals surface area contributed by atoms with Crippen molar-refractivity contribution in [3.05, 3.63) is 24.3 Å². The zero-order valence-electron chi connectivity index (χ0n) is 8.69. The quantitative estimate of drug-likeness (QED) is 0.760. The van der Waals surface area contributed by atoms with Crippen LogP contribution < -0.4 is 10.5 Å². The largest absolute Gasteiger partial charge is 0.496 e. The number of para-hydroxylation sites is 1. The molecule has 0 saturated heterocycles. The Hall–Kier alpha value is -0.670. The molecule has 3 heteroatoms. The average Bonchev–Trinajstić information content (AvgIpc) is 2.19. The number of hydrogen-bond donors (Lipinski definition) is 1. The fourth-order valence-corrected chi connectivity index (χ4v) is 2.34. The van der Waals surface area contributed by atoms with E-state index >= 15 is 0 Å². The highest BCUT2D eigenvalue weighted by Crippen LogP contribution is 2.32. The monoisotopic (exact) mass is 211 g/mol. The summed E-state index contributed by atoms with van der Waals surface area (Å²) in [5.74, 6) is 0.946. The van der Waals surface area contributed by atoms with Crippen LogP contribution >= 0.6 is 11.8 Å². The van der Waals surface area contributed by atoms with E-state index < -0.39 is 0 Å². The topological polar surface area (TPSA) is 35.2 Å². The number of methoxy groups -OCH3 is 1. The maximum Gasteiger partial charge on any atom is 0.132 e. The first-order valence-electron chi connectivity index (χ1n) is 4.77. The summed E-state index contributed by atoms with van der Waals surface area (Å²) in [6.07, 6.45) is 1.03. The Morgan fingerprint density at radius 3 is 2.79 bits per heavy atom. The van der Waals surface area contributed by atoms with Crippen molar-refractivity contribution in [2.24, 2.45) is 5.73 Å². The summed E-state index contributed by atoms with van der Waals surface area (Å²) >= 11 is 1.81. The second kappa shape index (κ2) is 5.94. The molecule has 1 aromatic rings. The third kappa shape index (κ3) is 3.24. The molecule has 0 aromatic heterocycles. The summed E-state index contributed by atoms with van der Waals surface area (Å²) in [5, 5.41) is 0.538. The Morgan fingerprint density at radius 1 is 1.43 bits per heavy atom. The molecular weight excluding hydrogens is 194 g/mol. The van der Waals surface area contributed by atoms with Crippen LogP contribution in [0.2, 0.25) is 0 Å².